The van der Waals surface area contributed by atoms with Gasteiger partial charge in [0.25, 0.3) is 0 Å². The van der Waals surface area contributed by atoms with Gasteiger partial charge in [0, 0.05) is 38.4 Å². The standard InChI is InChI=1S/C13H9BrI2N2.C13H10BrIN2/c14-7-1-2-9-6-3-8(4-6)18-12(16)11(15)17-13(18)10(9)5-7;14-8-1-2-10-7-3-9(4-7)17-6-12(15)16-13(17)11(10)5-8/h1-2,5-6,8H,3-4H2;1-2,5-7,9H,3-4H2. The summed E-state index contributed by atoms with van der Waals surface area (Å²) in [6.07, 6.45) is 7.27. The van der Waals surface area contributed by atoms with Crippen molar-refractivity contribution in [2.24, 2.45) is 0 Å². The molecular formula is C26H19Br2I3N4. The second kappa shape index (κ2) is 9.04. The van der Waals surface area contributed by atoms with E-state index in [1.165, 1.54) is 51.6 Å². The third-order valence-electron chi connectivity index (χ3n) is 7.89. The fourth-order valence-corrected chi connectivity index (χ4v) is 8.51. The highest BCUT2D eigenvalue weighted by molar-refractivity contribution is 14.1. The predicted molar refractivity (Wildman–Crippen MR) is 171 cm³/mol. The minimum atomic E-state index is 0.652. The van der Waals surface area contributed by atoms with E-state index in [0.29, 0.717) is 12.1 Å². The summed E-state index contributed by atoms with van der Waals surface area (Å²) in [4.78, 5) is 9.49. The molecule has 4 nitrogen and oxygen atoms in total. The highest BCUT2D eigenvalue weighted by Crippen LogP contribution is 2.54. The lowest BCUT2D eigenvalue weighted by molar-refractivity contribution is 0.271. The molecule has 35 heavy (non-hydrogen) atoms. The lowest BCUT2D eigenvalue weighted by Crippen LogP contribution is -2.23. The summed E-state index contributed by atoms with van der Waals surface area (Å²) >= 11 is 14.2. The first kappa shape index (κ1) is 24.1. The molecule has 0 spiro atoms. The Hall–Kier alpha value is 0.01000. The zero-order chi connectivity index (χ0) is 24.0. The Bertz CT molecular complexity index is 1500. The zero-order valence-electron chi connectivity index (χ0n) is 18.4. The van der Waals surface area contributed by atoms with Crippen LogP contribution in [0.3, 0.4) is 0 Å². The van der Waals surface area contributed by atoms with Gasteiger partial charge in [-0.3, -0.25) is 0 Å². The molecule has 178 valence electrons. The van der Waals surface area contributed by atoms with E-state index in [-0.39, 0.29) is 0 Å². The van der Waals surface area contributed by atoms with E-state index in [1.54, 1.807) is 0 Å². The maximum atomic E-state index is 4.79. The topological polar surface area (TPSA) is 35.6 Å². The molecule has 4 bridgehead atoms. The number of hydrogen-bond donors (Lipinski definition) is 0. The predicted octanol–water partition coefficient (Wildman–Crippen LogP) is 9.30. The quantitative estimate of drug-likeness (QED) is 0.165. The summed E-state index contributed by atoms with van der Waals surface area (Å²) in [5.74, 6) is 3.77. The van der Waals surface area contributed by atoms with Crippen molar-refractivity contribution < 1.29 is 0 Å². The molecule has 2 fully saturated rings. The molecule has 0 unspecified atom stereocenters. The number of aromatic nitrogens is 4. The molecular weight excluding hydrogens is 909 g/mol. The third kappa shape index (κ3) is 3.94. The van der Waals surface area contributed by atoms with Crippen LogP contribution in [0, 0.1) is 11.1 Å². The van der Waals surface area contributed by atoms with Gasteiger partial charge in [-0.25, -0.2) is 9.97 Å². The van der Waals surface area contributed by atoms with Gasteiger partial charge in [0.1, 0.15) is 22.8 Å². The highest BCUT2D eigenvalue weighted by Gasteiger charge is 2.40. The summed E-state index contributed by atoms with van der Waals surface area (Å²) in [6, 6.07) is 14.6. The smallest absolute Gasteiger partial charge is 0.142 e. The van der Waals surface area contributed by atoms with Gasteiger partial charge in [-0.1, -0.05) is 44.0 Å². The lowest BCUT2D eigenvalue weighted by Gasteiger charge is -2.34. The number of halogens is 5. The third-order valence-corrected chi connectivity index (χ3v) is 12.2. The largest absolute Gasteiger partial charge is 0.327 e. The second-order valence-corrected chi connectivity index (χ2v) is 14.8. The summed E-state index contributed by atoms with van der Waals surface area (Å²) < 4.78 is 10.6. The fourth-order valence-electron chi connectivity index (χ4n) is 6.03. The van der Waals surface area contributed by atoms with Crippen LogP contribution < -0.4 is 0 Å². The number of rotatable bonds is 0. The Kier molecular flexibility index (Phi) is 6.22. The van der Waals surface area contributed by atoms with Crippen molar-refractivity contribution in [3.63, 3.8) is 0 Å². The molecule has 4 aromatic rings. The molecule has 0 radical (unpaired) electrons. The van der Waals surface area contributed by atoms with Crippen LogP contribution in [0.4, 0.5) is 0 Å². The van der Waals surface area contributed by atoms with E-state index >= 15 is 0 Å². The summed E-state index contributed by atoms with van der Waals surface area (Å²) in [5, 5.41) is 0. The van der Waals surface area contributed by atoms with Gasteiger partial charge in [-0.15, -0.1) is 0 Å². The van der Waals surface area contributed by atoms with Crippen LogP contribution in [0.15, 0.2) is 51.5 Å². The minimum Gasteiger partial charge on any atom is -0.327 e. The maximum Gasteiger partial charge on any atom is 0.142 e. The molecule has 6 heterocycles. The Labute approximate surface area is 261 Å². The average molecular weight is 928 g/mol. The van der Waals surface area contributed by atoms with Crippen LogP contribution in [0.2, 0.25) is 0 Å². The van der Waals surface area contributed by atoms with E-state index in [2.05, 4.69) is 151 Å². The van der Waals surface area contributed by atoms with E-state index in [0.717, 1.165) is 39.8 Å². The maximum absolute atomic E-state index is 4.79. The molecule has 10 rings (SSSR count). The Balaban J connectivity index is 0.000000120. The summed E-state index contributed by atoms with van der Waals surface area (Å²) in [6.45, 7) is 0. The minimum absolute atomic E-state index is 0.652. The van der Waals surface area contributed by atoms with Gasteiger partial charge >= 0.3 is 0 Å². The SMILES string of the molecule is Brc1ccc2c(c1)-c1nc(I)c(I)n1C1CC2C1.Brc1ccc2c(c1)-c1nc(I)cn1C1CC2C1. The zero-order valence-corrected chi connectivity index (χ0v) is 28.0. The molecule has 2 aromatic carbocycles. The van der Waals surface area contributed by atoms with Crippen LogP contribution in [0.5, 0.6) is 0 Å². The van der Waals surface area contributed by atoms with Crippen LogP contribution in [0.25, 0.3) is 22.8 Å². The van der Waals surface area contributed by atoms with Gasteiger partial charge in [0.2, 0.25) is 0 Å². The first-order chi connectivity index (χ1) is 16.9. The Morgan fingerprint density at radius 3 is 1.94 bits per heavy atom. The van der Waals surface area contributed by atoms with E-state index in [4.69, 9.17) is 9.97 Å². The van der Waals surface area contributed by atoms with Crippen LogP contribution in [-0.4, -0.2) is 19.1 Å². The Morgan fingerprint density at radius 2 is 1.31 bits per heavy atom. The lowest BCUT2D eigenvalue weighted by atomic mass is 9.76. The van der Waals surface area contributed by atoms with Crippen LogP contribution in [-0.2, 0) is 0 Å². The van der Waals surface area contributed by atoms with Crippen LogP contribution in [0.1, 0.15) is 60.7 Å². The van der Waals surface area contributed by atoms with Gasteiger partial charge in [0.15, 0.2) is 0 Å². The normalized spacial score (nSPS) is 24.3. The first-order valence-corrected chi connectivity index (χ1v) is 16.5. The van der Waals surface area contributed by atoms with Crippen molar-refractivity contribution in [3.8, 4) is 22.8 Å². The molecule has 9 heteroatoms. The molecule has 2 aliphatic carbocycles. The number of benzene rings is 2. The molecule has 0 atom stereocenters. The van der Waals surface area contributed by atoms with Gasteiger partial charge in [-0.2, -0.15) is 0 Å². The summed E-state index contributed by atoms with van der Waals surface area (Å²) in [7, 11) is 0. The van der Waals surface area contributed by atoms with Gasteiger partial charge in [-0.05, 0) is 141 Å². The van der Waals surface area contributed by atoms with Crippen molar-refractivity contribution in [2.45, 2.75) is 49.6 Å². The van der Waals surface area contributed by atoms with Crippen molar-refractivity contribution in [1.29, 1.82) is 0 Å². The Morgan fingerprint density at radius 1 is 0.743 bits per heavy atom. The van der Waals surface area contributed by atoms with Crippen molar-refractivity contribution in [1.82, 2.24) is 19.1 Å². The van der Waals surface area contributed by atoms with Crippen LogP contribution >= 0.6 is 99.6 Å². The number of imidazole rings is 2. The molecule has 0 N–H and O–H groups in total. The van der Waals surface area contributed by atoms with Gasteiger partial charge < -0.3 is 9.13 Å². The van der Waals surface area contributed by atoms with Crippen molar-refractivity contribution in [3.05, 3.63) is 73.8 Å². The molecule has 0 amide bonds. The second-order valence-electron chi connectivity index (χ2n) is 9.79. The van der Waals surface area contributed by atoms with E-state index < -0.39 is 0 Å². The molecule has 6 aliphatic rings. The van der Waals surface area contributed by atoms with Crippen molar-refractivity contribution in [2.75, 3.05) is 0 Å². The number of hydrogen-bond acceptors (Lipinski definition) is 2. The molecule has 4 aliphatic heterocycles. The molecule has 2 aromatic heterocycles. The fraction of sp³-hybridized carbons (Fsp3) is 0.308. The first-order valence-electron chi connectivity index (χ1n) is 11.6. The molecule has 2 saturated carbocycles. The van der Waals surface area contributed by atoms with E-state index in [1.807, 2.05) is 0 Å². The van der Waals surface area contributed by atoms with E-state index in [9.17, 15) is 0 Å². The highest BCUT2D eigenvalue weighted by atomic mass is 127. The monoisotopic (exact) mass is 926 g/mol. The molecule has 0 saturated heterocycles. The summed E-state index contributed by atoms with van der Waals surface area (Å²) in [5.41, 5.74) is 5.58. The number of nitrogens with zero attached hydrogens (tertiary/aromatic N) is 4. The average Bonchev–Trinajstić information content (AvgIpc) is 3.11. The van der Waals surface area contributed by atoms with Gasteiger partial charge in [0.05, 0.1) is 0 Å². The van der Waals surface area contributed by atoms with Crippen molar-refractivity contribution >= 4 is 99.6 Å².